The average Bonchev–Trinajstić information content (AvgIpc) is 2.78. The van der Waals surface area contributed by atoms with E-state index in [1.165, 1.54) is 32.1 Å². The first kappa shape index (κ1) is 15.1. The Morgan fingerprint density at radius 3 is 2.80 bits per heavy atom. The van der Waals surface area contributed by atoms with E-state index < -0.39 is 0 Å². The van der Waals surface area contributed by atoms with Crippen LogP contribution in [0.4, 0.5) is 0 Å². The number of nitrogens with one attached hydrogen (secondary N) is 1. The number of benzene rings is 1. The van der Waals surface area contributed by atoms with Crippen molar-refractivity contribution in [2.45, 2.75) is 52.0 Å². The maximum atomic E-state index is 5.48. The molecule has 0 aliphatic carbocycles. The fraction of sp³-hybridized carbons (Fsp3) is 0.562. The highest BCUT2D eigenvalue weighted by Crippen LogP contribution is 2.26. The summed E-state index contributed by atoms with van der Waals surface area (Å²) in [7, 11) is 1.70. The number of methoxy groups -OCH3 is 1. The second kappa shape index (κ2) is 6.93. The number of aromatic amines is 1. The van der Waals surface area contributed by atoms with Crippen LogP contribution in [0.3, 0.4) is 0 Å². The van der Waals surface area contributed by atoms with Crippen LogP contribution in [0.25, 0.3) is 11.0 Å². The molecule has 0 aliphatic heterocycles. The molecule has 2 aromatic rings. The van der Waals surface area contributed by atoms with E-state index in [-0.39, 0.29) is 0 Å². The number of imidazole rings is 1. The van der Waals surface area contributed by atoms with Crippen molar-refractivity contribution in [2.75, 3.05) is 7.11 Å². The molecule has 1 heterocycles. The van der Waals surface area contributed by atoms with Crippen molar-refractivity contribution in [2.24, 2.45) is 0 Å². The van der Waals surface area contributed by atoms with Crippen LogP contribution in [0.1, 0.15) is 52.0 Å². The lowest BCUT2D eigenvalue weighted by Crippen LogP contribution is -2.05. The van der Waals surface area contributed by atoms with E-state index in [2.05, 4.69) is 29.5 Å². The van der Waals surface area contributed by atoms with Crippen molar-refractivity contribution < 1.29 is 4.74 Å². The molecule has 20 heavy (non-hydrogen) atoms. The first-order valence-electron chi connectivity index (χ1n) is 7.45. The van der Waals surface area contributed by atoms with Gasteiger partial charge in [0.15, 0.2) is 4.77 Å². The van der Waals surface area contributed by atoms with Crippen LogP contribution >= 0.6 is 12.2 Å². The van der Waals surface area contributed by atoms with Gasteiger partial charge in [0.05, 0.1) is 18.1 Å². The van der Waals surface area contributed by atoms with Crippen molar-refractivity contribution >= 4 is 23.3 Å². The smallest absolute Gasteiger partial charge is 0.178 e. The third kappa shape index (κ3) is 3.23. The summed E-state index contributed by atoms with van der Waals surface area (Å²) < 4.78 is 8.34. The quantitative estimate of drug-likeness (QED) is 0.558. The topological polar surface area (TPSA) is 29.9 Å². The molecule has 0 aliphatic rings. The zero-order valence-corrected chi connectivity index (χ0v) is 13.4. The first-order valence-corrected chi connectivity index (χ1v) is 7.86. The maximum absolute atomic E-state index is 5.48. The summed E-state index contributed by atoms with van der Waals surface area (Å²) in [6.07, 6.45) is 6.32. The number of H-pyrrole nitrogens is 1. The van der Waals surface area contributed by atoms with Crippen LogP contribution in [0.15, 0.2) is 18.2 Å². The van der Waals surface area contributed by atoms with Crippen LogP contribution in [0, 0.1) is 4.77 Å². The summed E-state index contributed by atoms with van der Waals surface area (Å²) in [6, 6.07) is 6.47. The summed E-state index contributed by atoms with van der Waals surface area (Å²) in [5.41, 5.74) is 2.22. The number of rotatable bonds is 7. The second-order valence-corrected chi connectivity index (χ2v) is 5.77. The third-order valence-corrected chi connectivity index (χ3v) is 4.14. The highest BCUT2D eigenvalue weighted by Gasteiger charge is 2.11. The Morgan fingerprint density at radius 1 is 1.30 bits per heavy atom. The van der Waals surface area contributed by atoms with Crippen molar-refractivity contribution in [3.63, 3.8) is 0 Å². The molecule has 0 saturated carbocycles. The number of hydrogen-bond acceptors (Lipinski definition) is 2. The monoisotopic (exact) mass is 292 g/mol. The van der Waals surface area contributed by atoms with Gasteiger partial charge >= 0.3 is 0 Å². The molecule has 0 fully saturated rings. The van der Waals surface area contributed by atoms with Gasteiger partial charge in [-0.1, -0.05) is 32.6 Å². The second-order valence-electron chi connectivity index (χ2n) is 5.38. The lowest BCUT2D eigenvalue weighted by molar-refractivity contribution is 0.414. The molecule has 1 unspecified atom stereocenters. The van der Waals surface area contributed by atoms with E-state index in [4.69, 9.17) is 17.0 Å². The highest BCUT2D eigenvalue weighted by molar-refractivity contribution is 7.71. The SMILES string of the molecule is CCCCCCC(C)n1c(=S)[nH]c2ccc(OC)cc21. The molecular formula is C16H24N2OS. The fourth-order valence-corrected chi connectivity index (χ4v) is 3.05. The van der Waals surface area contributed by atoms with Gasteiger partial charge in [-0.2, -0.15) is 0 Å². The minimum Gasteiger partial charge on any atom is -0.497 e. The highest BCUT2D eigenvalue weighted by atomic mass is 32.1. The minimum atomic E-state index is 0.417. The molecule has 3 nitrogen and oxygen atoms in total. The number of nitrogens with zero attached hydrogens (tertiary/aromatic N) is 1. The van der Waals surface area contributed by atoms with E-state index in [0.29, 0.717) is 6.04 Å². The van der Waals surface area contributed by atoms with Gasteiger partial charge in [0.1, 0.15) is 5.75 Å². The van der Waals surface area contributed by atoms with Crippen molar-refractivity contribution in [1.82, 2.24) is 9.55 Å². The zero-order chi connectivity index (χ0) is 14.5. The Bertz CT molecular complexity index is 614. The lowest BCUT2D eigenvalue weighted by atomic mass is 10.1. The van der Waals surface area contributed by atoms with Gasteiger partial charge in [-0.25, -0.2) is 0 Å². The van der Waals surface area contributed by atoms with Crippen LogP contribution in [0.5, 0.6) is 5.75 Å². The van der Waals surface area contributed by atoms with Gasteiger partial charge in [0.25, 0.3) is 0 Å². The van der Waals surface area contributed by atoms with Gasteiger partial charge in [-0.3, -0.25) is 0 Å². The summed E-state index contributed by atoms with van der Waals surface area (Å²) in [4.78, 5) is 3.28. The molecule has 1 aromatic carbocycles. The lowest BCUT2D eigenvalue weighted by Gasteiger charge is -2.14. The van der Waals surface area contributed by atoms with Gasteiger partial charge < -0.3 is 14.3 Å². The molecule has 0 spiro atoms. The largest absolute Gasteiger partial charge is 0.497 e. The van der Waals surface area contributed by atoms with Crippen molar-refractivity contribution in [3.05, 3.63) is 23.0 Å². The Hall–Kier alpha value is -1.29. The molecule has 0 radical (unpaired) electrons. The Labute approximate surface area is 126 Å². The third-order valence-electron chi connectivity index (χ3n) is 3.84. The average molecular weight is 292 g/mol. The normalized spacial score (nSPS) is 12.8. The Kier molecular flexibility index (Phi) is 5.24. The number of aromatic nitrogens is 2. The van der Waals surface area contributed by atoms with Crippen molar-refractivity contribution in [1.29, 1.82) is 0 Å². The van der Waals surface area contributed by atoms with Gasteiger partial charge in [-0.05, 0) is 37.7 Å². The van der Waals surface area contributed by atoms with E-state index >= 15 is 0 Å². The summed E-state index contributed by atoms with van der Waals surface area (Å²) in [6.45, 7) is 4.49. The van der Waals surface area contributed by atoms with E-state index in [1.807, 2.05) is 12.1 Å². The van der Waals surface area contributed by atoms with E-state index in [9.17, 15) is 0 Å². The van der Waals surface area contributed by atoms with Crippen LogP contribution in [-0.2, 0) is 0 Å². The number of unbranched alkanes of at least 4 members (excludes halogenated alkanes) is 3. The van der Waals surface area contributed by atoms with E-state index in [0.717, 1.165) is 21.6 Å². The summed E-state index contributed by atoms with van der Waals surface area (Å²) >= 11 is 5.48. The molecule has 1 N–H and O–H groups in total. The molecule has 0 amide bonds. The molecule has 0 bridgehead atoms. The van der Waals surface area contributed by atoms with Gasteiger partial charge in [0, 0.05) is 12.1 Å². The molecule has 4 heteroatoms. The Balaban J connectivity index is 2.23. The number of ether oxygens (including phenoxy) is 1. The molecule has 2 rings (SSSR count). The van der Waals surface area contributed by atoms with Crippen LogP contribution in [-0.4, -0.2) is 16.7 Å². The molecule has 110 valence electrons. The number of hydrogen-bond donors (Lipinski definition) is 1. The fourth-order valence-electron chi connectivity index (χ4n) is 2.66. The number of fused-ring (bicyclic) bond motifs is 1. The summed E-state index contributed by atoms with van der Waals surface area (Å²) in [5, 5.41) is 0. The Morgan fingerprint density at radius 2 is 2.10 bits per heavy atom. The minimum absolute atomic E-state index is 0.417. The standard InChI is InChI=1S/C16H24N2OS/c1-4-5-6-7-8-12(2)18-15-11-13(19-3)9-10-14(15)17-16(18)20/h9-12H,4-8H2,1-3H3,(H,17,20). The molecule has 1 atom stereocenters. The first-order chi connectivity index (χ1) is 9.67. The van der Waals surface area contributed by atoms with Gasteiger partial charge in [0.2, 0.25) is 0 Å². The molecule has 1 aromatic heterocycles. The van der Waals surface area contributed by atoms with Crippen LogP contribution in [0.2, 0.25) is 0 Å². The predicted molar refractivity (Wildman–Crippen MR) is 87.1 cm³/mol. The van der Waals surface area contributed by atoms with Crippen molar-refractivity contribution in [3.8, 4) is 5.75 Å². The van der Waals surface area contributed by atoms with Gasteiger partial charge in [-0.15, -0.1) is 0 Å². The summed E-state index contributed by atoms with van der Waals surface area (Å²) in [5.74, 6) is 0.874. The zero-order valence-electron chi connectivity index (χ0n) is 12.6. The predicted octanol–water partition coefficient (Wildman–Crippen LogP) is 5.24. The molecular weight excluding hydrogens is 268 g/mol. The molecule has 0 saturated heterocycles. The van der Waals surface area contributed by atoms with Crippen LogP contribution < -0.4 is 4.74 Å². The van der Waals surface area contributed by atoms with E-state index in [1.54, 1.807) is 7.11 Å². The maximum Gasteiger partial charge on any atom is 0.178 e.